The van der Waals surface area contributed by atoms with E-state index in [-0.39, 0.29) is 0 Å². The Balaban J connectivity index is 0. The highest BCUT2D eigenvalue weighted by molar-refractivity contribution is 6.18. The number of alkyl halides is 1. The molecule has 0 aliphatic carbocycles. The van der Waals surface area contributed by atoms with Crippen LogP contribution in [0.1, 0.15) is 40.5 Å². The second-order valence-corrected chi connectivity index (χ2v) is 2.85. The van der Waals surface area contributed by atoms with E-state index in [0.29, 0.717) is 0 Å². The van der Waals surface area contributed by atoms with Crippen LogP contribution in [0.5, 0.6) is 0 Å². The zero-order chi connectivity index (χ0) is 9.82. The summed E-state index contributed by atoms with van der Waals surface area (Å²) in [6.07, 6.45) is 2.57. The number of rotatable bonds is 6. The molecule has 0 aromatic rings. The summed E-state index contributed by atoms with van der Waals surface area (Å²) in [6, 6.07) is 0. The monoisotopic (exact) mass is 193 g/mol. The first-order valence-corrected chi connectivity index (χ1v) is 5.66. The number of halogens is 1. The minimum Gasteiger partial charge on any atom is -0.302 e. The molecule has 0 rings (SSSR count). The Kier molecular flexibility index (Phi) is 17.0. The van der Waals surface area contributed by atoms with Crippen LogP contribution in [0.2, 0.25) is 0 Å². The summed E-state index contributed by atoms with van der Waals surface area (Å²) in [5, 5.41) is 0. The molecule has 0 fully saturated rings. The molecule has 1 nitrogen and oxygen atoms in total. The largest absolute Gasteiger partial charge is 0.302 e. The fraction of sp³-hybridized carbons (Fsp3) is 1.00. The van der Waals surface area contributed by atoms with Crippen LogP contribution in [0.25, 0.3) is 0 Å². The Morgan fingerprint density at radius 3 is 2.00 bits per heavy atom. The lowest BCUT2D eigenvalue weighted by Gasteiger charge is -2.17. The van der Waals surface area contributed by atoms with Crippen molar-refractivity contribution in [1.29, 1.82) is 0 Å². The van der Waals surface area contributed by atoms with Gasteiger partial charge in [0.1, 0.15) is 0 Å². The molecule has 76 valence electrons. The van der Waals surface area contributed by atoms with E-state index in [1.54, 1.807) is 0 Å². The van der Waals surface area contributed by atoms with Crippen molar-refractivity contribution >= 4 is 11.6 Å². The highest BCUT2D eigenvalue weighted by atomic mass is 35.5. The highest BCUT2D eigenvalue weighted by Gasteiger charge is 1.97. The lowest BCUT2D eigenvalue weighted by molar-refractivity contribution is 0.300. The lowest BCUT2D eigenvalue weighted by atomic mass is 10.3. The van der Waals surface area contributed by atoms with Gasteiger partial charge >= 0.3 is 0 Å². The molecule has 0 unspecified atom stereocenters. The molecule has 0 aromatic carbocycles. The molecule has 0 atom stereocenters. The number of unbranched alkanes of at least 4 members (excludes halogenated alkanes) is 1. The van der Waals surface area contributed by atoms with E-state index >= 15 is 0 Å². The molecule has 2 heteroatoms. The predicted octanol–water partition coefficient (Wildman–Crippen LogP) is 3.37. The second kappa shape index (κ2) is 13.8. The first-order chi connectivity index (χ1) is 5.85. The maximum Gasteiger partial charge on any atom is 0.0351 e. The maximum absolute atomic E-state index is 5.61. The Hall–Kier alpha value is 0.250. The third kappa shape index (κ3) is 10.2. The average Bonchev–Trinajstić information content (AvgIpc) is 2.15. The van der Waals surface area contributed by atoms with Crippen LogP contribution in [0, 0.1) is 0 Å². The summed E-state index contributed by atoms with van der Waals surface area (Å²) in [7, 11) is 0. The number of nitrogens with zero attached hydrogens (tertiary/aromatic N) is 1. The molecule has 0 saturated heterocycles. The zero-order valence-corrected chi connectivity index (χ0v) is 9.82. The molecule has 0 saturated carbocycles. The topological polar surface area (TPSA) is 3.24 Å². The molecular formula is C10H24ClN. The molecule has 0 heterocycles. The van der Waals surface area contributed by atoms with Crippen molar-refractivity contribution in [2.75, 3.05) is 25.5 Å². The predicted molar refractivity (Wildman–Crippen MR) is 59.1 cm³/mol. The second-order valence-electron chi connectivity index (χ2n) is 2.48. The molecule has 0 aliphatic rings. The third-order valence-corrected chi connectivity index (χ3v) is 1.84. The quantitative estimate of drug-likeness (QED) is 0.585. The molecule has 0 spiro atoms. The van der Waals surface area contributed by atoms with Crippen LogP contribution in [-0.2, 0) is 0 Å². The van der Waals surface area contributed by atoms with Gasteiger partial charge in [-0.2, -0.15) is 0 Å². The Morgan fingerprint density at radius 1 is 1.08 bits per heavy atom. The number of hydrogen-bond acceptors (Lipinski definition) is 1. The molecule has 0 aromatic heterocycles. The number of hydrogen-bond donors (Lipinski definition) is 0. The molecule has 0 amide bonds. The van der Waals surface area contributed by atoms with Gasteiger partial charge in [0.15, 0.2) is 0 Å². The first-order valence-electron chi connectivity index (χ1n) is 5.13. The van der Waals surface area contributed by atoms with Crippen LogP contribution in [0.3, 0.4) is 0 Å². The van der Waals surface area contributed by atoms with E-state index in [2.05, 4.69) is 18.7 Å². The van der Waals surface area contributed by atoms with Crippen molar-refractivity contribution < 1.29 is 0 Å². The average molecular weight is 194 g/mol. The maximum atomic E-state index is 5.61. The fourth-order valence-electron chi connectivity index (χ4n) is 0.929. The highest BCUT2D eigenvalue weighted by Crippen LogP contribution is 1.94. The van der Waals surface area contributed by atoms with E-state index in [4.69, 9.17) is 11.6 Å². The van der Waals surface area contributed by atoms with Gasteiger partial charge in [0.05, 0.1) is 0 Å². The molecule has 12 heavy (non-hydrogen) atoms. The van der Waals surface area contributed by atoms with Crippen LogP contribution < -0.4 is 0 Å². The van der Waals surface area contributed by atoms with E-state index in [1.807, 2.05) is 13.8 Å². The van der Waals surface area contributed by atoms with Crippen molar-refractivity contribution in [2.24, 2.45) is 0 Å². The van der Waals surface area contributed by atoms with E-state index in [0.717, 1.165) is 19.0 Å². The molecule has 0 radical (unpaired) electrons. The Bertz CT molecular complexity index is 66.9. The molecule has 0 aliphatic heterocycles. The van der Waals surface area contributed by atoms with Gasteiger partial charge < -0.3 is 4.90 Å². The van der Waals surface area contributed by atoms with Gasteiger partial charge in [-0.15, -0.1) is 11.6 Å². The van der Waals surface area contributed by atoms with Gasteiger partial charge in [-0.3, -0.25) is 0 Å². The minimum absolute atomic E-state index is 0.761. The fourth-order valence-corrected chi connectivity index (χ4v) is 1.17. The normalized spacial score (nSPS) is 9.50. The molecule has 0 bridgehead atoms. The Morgan fingerprint density at radius 2 is 1.67 bits per heavy atom. The minimum atomic E-state index is 0.761. The molecular weight excluding hydrogens is 170 g/mol. The Labute approximate surface area is 83.1 Å². The molecule has 0 N–H and O–H groups in total. The van der Waals surface area contributed by atoms with Crippen molar-refractivity contribution in [1.82, 2.24) is 4.90 Å². The standard InChI is InChI=1S/C8H18ClN.C2H6/c1-3-5-7-10(4-2)8-6-9;1-2/h3-8H2,1-2H3;1-2H3. The third-order valence-electron chi connectivity index (χ3n) is 1.68. The summed E-state index contributed by atoms with van der Waals surface area (Å²) in [6.45, 7) is 11.8. The smallest absolute Gasteiger partial charge is 0.0351 e. The summed E-state index contributed by atoms with van der Waals surface area (Å²) in [5.41, 5.74) is 0. The van der Waals surface area contributed by atoms with Crippen LogP contribution in [0.4, 0.5) is 0 Å². The van der Waals surface area contributed by atoms with Crippen molar-refractivity contribution in [3.05, 3.63) is 0 Å². The van der Waals surface area contributed by atoms with Gasteiger partial charge in [0.2, 0.25) is 0 Å². The summed E-state index contributed by atoms with van der Waals surface area (Å²) < 4.78 is 0. The van der Waals surface area contributed by atoms with Gasteiger partial charge in [-0.1, -0.05) is 34.1 Å². The lowest BCUT2D eigenvalue weighted by Crippen LogP contribution is -2.26. The van der Waals surface area contributed by atoms with Gasteiger partial charge in [0.25, 0.3) is 0 Å². The van der Waals surface area contributed by atoms with E-state index in [1.165, 1.54) is 19.4 Å². The first kappa shape index (κ1) is 14.8. The zero-order valence-electron chi connectivity index (χ0n) is 9.07. The van der Waals surface area contributed by atoms with Gasteiger partial charge in [-0.25, -0.2) is 0 Å². The summed E-state index contributed by atoms with van der Waals surface area (Å²) in [5.74, 6) is 0.761. The van der Waals surface area contributed by atoms with Gasteiger partial charge in [0, 0.05) is 12.4 Å². The summed E-state index contributed by atoms with van der Waals surface area (Å²) >= 11 is 5.61. The van der Waals surface area contributed by atoms with E-state index in [9.17, 15) is 0 Å². The van der Waals surface area contributed by atoms with Crippen LogP contribution in [-0.4, -0.2) is 30.4 Å². The van der Waals surface area contributed by atoms with Crippen molar-refractivity contribution in [3.63, 3.8) is 0 Å². The SMILES string of the molecule is CC.CCCCN(CC)CCCl. The van der Waals surface area contributed by atoms with Crippen LogP contribution >= 0.6 is 11.6 Å². The van der Waals surface area contributed by atoms with Crippen molar-refractivity contribution in [2.45, 2.75) is 40.5 Å². The van der Waals surface area contributed by atoms with Crippen LogP contribution in [0.15, 0.2) is 0 Å². The van der Waals surface area contributed by atoms with Crippen molar-refractivity contribution in [3.8, 4) is 0 Å². The van der Waals surface area contributed by atoms with Gasteiger partial charge in [-0.05, 0) is 19.5 Å². The van der Waals surface area contributed by atoms with E-state index < -0.39 is 0 Å². The summed E-state index contributed by atoms with van der Waals surface area (Å²) in [4.78, 5) is 2.39.